The summed E-state index contributed by atoms with van der Waals surface area (Å²) in [5.41, 5.74) is 2.66. The first-order valence-electron chi connectivity index (χ1n) is 7.82. The minimum absolute atomic E-state index is 0.159. The van der Waals surface area contributed by atoms with E-state index in [0.717, 1.165) is 0 Å². The number of aromatic nitrogens is 3. The van der Waals surface area contributed by atoms with Crippen molar-refractivity contribution < 1.29 is 9.59 Å². The van der Waals surface area contributed by atoms with Crippen LogP contribution in [0.1, 0.15) is 23.1 Å². The third-order valence-electron chi connectivity index (χ3n) is 3.65. The van der Waals surface area contributed by atoms with Crippen LogP contribution in [0.15, 0.2) is 48.5 Å². The first kappa shape index (κ1) is 17.6. The molecular weight excluding hydrogens is 354 g/mol. The summed E-state index contributed by atoms with van der Waals surface area (Å²) in [4.78, 5) is 23.5. The quantitative estimate of drug-likeness (QED) is 0.737. The molecule has 0 saturated carbocycles. The number of nitrogens with zero attached hydrogens (tertiary/aromatic N) is 3. The van der Waals surface area contributed by atoms with Gasteiger partial charge in [0.15, 0.2) is 5.69 Å². The van der Waals surface area contributed by atoms with Gasteiger partial charge in [-0.3, -0.25) is 9.59 Å². The molecule has 0 bridgehead atoms. The van der Waals surface area contributed by atoms with Gasteiger partial charge in [-0.15, -0.1) is 5.10 Å². The second-order valence-corrected chi connectivity index (χ2v) is 6.01. The van der Waals surface area contributed by atoms with Crippen molar-refractivity contribution in [2.24, 2.45) is 0 Å². The fourth-order valence-corrected chi connectivity index (χ4v) is 2.64. The number of hydrogen-bond acceptors (Lipinski definition) is 4. The van der Waals surface area contributed by atoms with E-state index in [4.69, 9.17) is 11.6 Å². The molecule has 0 radical (unpaired) electrons. The van der Waals surface area contributed by atoms with Crippen LogP contribution in [0.4, 0.5) is 11.4 Å². The number of para-hydroxylation sites is 1. The molecule has 0 spiro atoms. The van der Waals surface area contributed by atoms with Crippen molar-refractivity contribution in [3.05, 3.63) is 64.9 Å². The Hall–Kier alpha value is -3.19. The Morgan fingerprint density at radius 2 is 1.62 bits per heavy atom. The van der Waals surface area contributed by atoms with Crippen molar-refractivity contribution in [1.29, 1.82) is 0 Å². The first-order valence-corrected chi connectivity index (χ1v) is 8.19. The minimum Gasteiger partial charge on any atom is -0.326 e. The highest BCUT2D eigenvalue weighted by atomic mass is 35.5. The molecule has 0 aliphatic rings. The van der Waals surface area contributed by atoms with Crippen molar-refractivity contribution in [1.82, 2.24) is 15.0 Å². The number of halogens is 1. The van der Waals surface area contributed by atoms with Crippen LogP contribution < -0.4 is 10.6 Å². The third kappa shape index (κ3) is 3.73. The number of carbonyl (C=O) groups excluding carboxylic acids is 2. The zero-order valence-corrected chi connectivity index (χ0v) is 14.9. The van der Waals surface area contributed by atoms with E-state index < -0.39 is 0 Å². The summed E-state index contributed by atoms with van der Waals surface area (Å²) in [6, 6.07) is 14.0. The van der Waals surface area contributed by atoms with E-state index in [9.17, 15) is 9.59 Å². The Balaban J connectivity index is 1.79. The lowest BCUT2D eigenvalue weighted by atomic mass is 10.2. The summed E-state index contributed by atoms with van der Waals surface area (Å²) in [7, 11) is 0. The molecule has 0 fully saturated rings. The van der Waals surface area contributed by atoms with Gasteiger partial charge in [0, 0.05) is 18.3 Å². The molecule has 2 aromatic carbocycles. The van der Waals surface area contributed by atoms with Crippen LogP contribution >= 0.6 is 11.6 Å². The molecule has 0 unspecified atom stereocenters. The van der Waals surface area contributed by atoms with Crippen LogP contribution in [0.25, 0.3) is 5.69 Å². The van der Waals surface area contributed by atoms with E-state index >= 15 is 0 Å². The first-order chi connectivity index (χ1) is 12.5. The topological polar surface area (TPSA) is 88.9 Å². The summed E-state index contributed by atoms with van der Waals surface area (Å²) in [6.07, 6.45) is 0. The average Bonchev–Trinajstić information content (AvgIpc) is 2.98. The molecule has 2 amide bonds. The van der Waals surface area contributed by atoms with E-state index in [0.29, 0.717) is 27.8 Å². The molecule has 3 rings (SSSR count). The predicted octanol–water partition coefficient (Wildman–Crippen LogP) is 3.44. The monoisotopic (exact) mass is 369 g/mol. The van der Waals surface area contributed by atoms with Crippen molar-refractivity contribution in [3.8, 4) is 5.69 Å². The van der Waals surface area contributed by atoms with Gasteiger partial charge in [0.2, 0.25) is 5.91 Å². The maximum absolute atomic E-state index is 12.5. The fraction of sp³-hybridized carbons (Fsp3) is 0.111. The van der Waals surface area contributed by atoms with Crippen LogP contribution in [0.3, 0.4) is 0 Å². The molecule has 1 aromatic heterocycles. The maximum Gasteiger partial charge on any atom is 0.278 e. The summed E-state index contributed by atoms with van der Waals surface area (Å²) in [6.45, 7) is 3.18. The highest BCUT2D eigenvalue weighted by molar-refractivity contribution is 6.32. The van der Waals surface area contributed by atoms with Crippen LogP contribution in [0, 0.1) is 6.92 Å². The lowest BCUT2D eigenvalue weighted by molar-refractivity contribution is -0.114. The lowest BCUT2D eigenvalue weighted by Gasteiger charge is -2.07. The number of nitrogens with one attached hydrogen (secondary N) is 2. The van der Waals surface area contributed by atoms with Gasteiger partial charge in [0.25, 0.3) is 5.91 Å². The second-order valence-electron chi connectivity index (χ2n) is 5.60. The van der Waals surface area contributed by atoms with Crippen LogP contribution in [-0.4, -0.2) is 26.8 Å². The summed E-state index contributed by atoms with van der Waals surface area (Å²) in [5, 5.41) is 13.9. The molecule has 8 heteroatoms. The summed E-state index contributed by atoms with van der Waals surface area (Å²) < 4.78 is 1.52. The number of hydrogen-bond donors (Lipinski definition) is 2. The SMILES string of the molecule is CC(=O)Nc1ccc(NC(=O)c2nnn(-c3ccccc3Cl)c2C)cc1. The Labute approximate surface area is 155 Å². The molecule has 0 aliphatic heterocycles. The number of anilines is 2. The second kappa shape index (κ2) is 7.37. The molecule has 0 aliphatic carbocycles. The Kier molecular flexibility index (Phi) is 4.99. The zero-order valence-electron chi connectivity index (χ0n) is 14.2. The molecule has 7 nitrogen and oxygen atoms in total. The smallest absolute Gasteiger partial charge is 0.278 e. The Bertz CT molecular complexity index is 966. The molecule has 1 heterocycles. The highest BCUT2D eigenvalue weighted by Gasteiger charge is 2.18. The average molecular weight is 370 g/mol. The number of carbonyl (C=O) groups is 2. The number of amides is 2. The van der Waals surface area contributed by atoms with E-state index in [2.05, 4.69) is 20.9 Å². The molecular formula is C18H16ClN5O2. The van der Waals surface area contributed by atoms with Crippen LogP contribution in [-0.2, 0) is 4.79 Å². The third-order valence-corrected chi connectivity index (χ3v) is 3.97. The summed E-state index contributed by atoms with van der Waals surface area (Å²) >= 11 is 6.18. The lowest BCUT2D eigenvalue weighted by Crippen LogP contribution is -2.14. The number of rotatable bonds is 4. The number of benzene rings is 2. The van der Waals surface area contributed by atoms with Gasteiger partial charge in [-0.2, -0.15) is 0 Å². The van der Waals surface area contributed by atoms with Gasteiger partial charge in [-0.25, -0.2) is 4.68 Å². The van der Waals surface area contributed by atoms with Crippen LogP contribution in [0.2, 0.25) is 5.02 Å². The maximum atomic E-state index is 12.5. The van der Waals surface area contributed by atoms with E-state index in [-0.39, 0.29) is 17.5 Å². The largest absolute Gasteiger partial charge is 0.326 e. The standard InChI is InChI=1S/C18H16ClN5O2/c1-11-17(22-23-24(11)16-6-4-3-5-15(16)19)18(26)21-14-9-7-13(8-10-14)20-12(2)25/h3-10H,1-2H3,(H,20,25)(H,21,26). The molecule has 3 aromatic rings. The van der Waals surface area contributed by atoms with Crippen molar-refractivity contribution >= 4 is 34.8 Å². The predicted molar refractivity (Wildman–Crippen MR) is 99.8 cm³/mol. The van der Waals surface area contributed by atoms with Gasteiger partial charge in [-0.1, -0.05) is 28.9 Å². The van der Waals surface area contributed by atoms with Crippen molar-refractivity contribution in [2.75, 3.05) is 10.6 Å². The van der Waals surface area contributed by atoms with Crippen LogP contribution in [0.5, 0.6) is 0 Å². The molecule has 132 valence electrons. The van der Waals surface area contributed by atoms with E-state index in [1.54, 1.807) is 43.3 Å². The van der Waals surface area contributed by atoms with Crippen molar-refractivity contribution in [3.63, 3.8) is 0 Å². The van der Waals surface area contributed by atoms with Gasteiger partial charge in [0.1, 0.15) is 0 Å². The van der Waals surface area contributed by atoms with Gasteiger partial charge in [-0.05, 0) is 43.3 Å². The molecule has 0 saturated heterocycles. The van der Waals surface area contributed by atoms with Gasteiger partial charge in [0.05, 0.1) is 16.4 Å². The van der Waals surface area contributed by atoms with Gasteiger partial charge >= 0.3 is 0 Å². The van der Waals surface area contributed by atoms with E-state index in [1.807, 2.05) is 12.1 Å². The normalized spacial score (nSPS) is 10.4. The Morgan fingerprint density at radius 3 is 2.23 bits per heavy atom. The highest BCUT2D eigenvalue weighted by Crippen LogP contribution is 2.21. The molecule has 26 heavy (non-hydrogen) atoms. The van der Waals surface area contributed by atoms with Crippen molar-refractivity contribution in [2.45, 2.75) is 13.8 Å². The molecule has 0 atom stereocenters. The van der Waals surface area contributed by atoms with E-state index in [1.165, 1.54) is 11.6 Å². The fourth-order valence-electron chi connectivity index (χ4n) is 2.42. The minimum atomic E-state index is -0.381. The summed E-state index contributed by atoms with van der Waals surface area (Å²) in [5.74, 6) is -0.540. The Morgan fingerprint density at radius 1 is 1.00 bits per heavy atom. The van der Waals surface area contributed by atoms with Gasteiger partial charge < -0.3 is 10.6 Å². The molecule has 2 N–H and O–H groups in total. The zero-order chi connectivity index (χ0) is 18.7.